The van der Waals surface area contributed by atoms with Gasteiger partial charge in [0, 0.05) is 16.8 Å². The Kier molecular flexibility index (Phi) is 2.93. The fourth-order valence-electron chi connectivity index (χ4n) is 1.96. The zero-order chi connectivity index (χ0) is 12.5. The van der Waals surface area contributed by atoms with Gasteiger partial charge in [0.05, 0.1) is 17.2 Å². The second-order valence-electron chi connectivity index (χ2n) is 3.86. The largest absolute Gasteiger partial charge is 0.329 e. The first kappa shape index (κ1) is 11.5. The van der Waals surface area contributed by atoms with Crippen molar-refractivity contribution in [2.24, 2.45) is 0 Å². The summed E-state index contributed by atoms with van der Waals surface area (Å²) in [5.41, 5.74) is 3.08. The third-order valence-electron chi connectivity index (χ3n) is 2.80. The van der Waals surface area contributed by atoms with E-state index in [1.807, 2.05) is 16.7 Å². The van der Waals surface area contributed by atoms with E-state index in [4.69, 9.17) is 12.2 Å². The van der Waals surface area contributed by atoms with Gasteiger partial charge in [-0.25, -0.2) is 0 Å². The predicted molar refractivity (Wildman–Crippen MR) is 78.0 cm³/mol. The molecule has 2 heterocycles. The summed E-state index contributed by atoms with van der Waals surface area (Å²) >= 11 is 7.11. The third kappa shape index (κ3) is 1.85. The standard InChI is InChI=1S/C13H11N3S2/c1-18-10-4-2-3-9(7-10)16-12-5-6-14-8-11(12)15-13(16)17/h2-8H,1H3,(H,15,17). The van der Waals surface area contributed by atoms with E-state index in [0.717, 1.165) is 16.7 Å². The highest BCUT2D eigenvalue weighted by Gasteiger charge is 2.06. The highest BCUT2D eigenvalue weighted by molar-refractivity contribution is 7.98. The van der Waals surface area contributed by atoms with Gasteiger partial charge in [-0.05, 0) is 42.7 Å². The Labute approximate surface area is 114 Å². The molecule has 3 aromatic rings. The third-order valence-corrected chi connectivity index (χ3v) is 3.81. The maximum Gasteiger partial charge on any atom is 0.182 e. The molecule has 0 aliphatic heterocycles. The topological polar surface area (TPSA) is 33.6 Å². The van der Waals surface area contributed by atoms with Crippen LogP contribution in [0.4, 0.5) is 0 Å². The smallest absolute Gasteiger partial charge is 0.182 e. The lowest BCUT2D eigenvalue weighted by Crippen LogP contribution is -1.93. The normalized spacial score (nSPS) is 10.9. The molecule has 3 rings (SSSR count). The van der Waals surface area contributed by atoms with E-state index < -0.39 is 0 Å². The maximum absolute atomic E-state index is 5.39. The van der Waals surface area contributed by atoms with Crippen molar-refractivity contribution in [3.05, 3.63) is 47.5 Å². The van der Waals surface area contributed by atoms with E-state index in [1.54, 1.807) is 24.2 Å². The number of benzene rings is 1. The minimum absolute atomic E-state index is 0.691. The fourth-order valence-corrected chi connectivity index (χ4v) is 2.73. The van der Waals surface area contributed by atoms with Crippen molar-refractivity contribution in [2.45, 2.75) is 4.90 Å². The molecule has 0 unspecified atom stereocenters. The summed E-state index contributed by atoms with van der Waals surface area (Å²) in [5, 5.41) is 0. The van der Waals surface area contributed by atoms with Crippen molar-refractivity contribution in [1.82, 2.24) is 14.5 Å². The zero-order valence-electron chi connectivity index (χ0n) is 9.75. The van der Waals surface area contributed by atoms with Crippen molar-refractivity contribution < 1.29 is 0 Å². The average molecular weight is 273 g/mol. The van der Waals surface area contributed by atoms with E-state index in [0.29, 0.717) is 4.77 Å². The van der Waals surface area contributed by atoms with Crippen molar-refractivity contribution in [3.8, 4) is 5.69 Å². The van der Waals surface area contributed by atoms with Crippen LogP contribution >= 0.6 is 24.0 Å². The van der Waals surface area contributed by atoms with Crippen LogP contribution in [-0.2, 0) is 0 Å². The molecule has 2 aromatic heterocycles. The molecule has 0 saturated carbocycles. The van der Waals surface area contributed by atoms with Gasteiger partial charge in [0.15, 0.2) is 4.77 Å². The summed E-state index contributed by atoms with van der Waals surface area (Å²) < 4.78 is 2.72. The van der Waals surface area contributed by atoms with Crippen LogP contribution in [0.25, 0.3) is 16.7 Å². The summed E-state index contributed by atoms with van der Waals surface area (Å²) in [4.78, 5) is 8.49. The summed E-state index contributed by atoms with van der Waals surface area (Å²) in [6.45, 7) is 0. The van der Waals surface area contributed by atoms with Gasteiger partial charge in [0.2, 0.25) is 0 Å². The van der Waals surface area contributed by atoms with Crippen LogP contribution in [0.5, 0.6) is 0 Å². The van der Waals surface area contributed by atoms with E-state index in [1.165, 1.54) is 4.90 Å². The average Bonchev–Trinajstić information content (AvgIpc) is 2.74. The number of nitrogens with zero attached hydrogens (tertiary/aromatic N) is 2. The fraction of sp³-hybridized carbons (Fsp3) is 0.0769. The zero-order valence-corrected chi connectivity index (χ0v) is 11.4. The van der Waals surface area contributed by atoms with Crippen LogP contribution in [0.15, 0.2) is 47.6 Å². The number of aromatic nitrogens is 3. The van der Waals surface area contributed by atoms with Crippen LogP contribution in [0.2, 0.25) is 0 Å². The molecular formula is C13H11N3S2. The van der Waals surface area contributed by atoms with Crippen molar-refractivity contribution in [2.75, 3.05) is 6.26 Å². The lowest BCUT2D eigenvalue weighted by molar-refractivity contribution is 1.06. The van der Waals surface area contributed by atoms with Crippen LogP contribution in [0.3, 0.4) is 0 Å². The number of pyridine rings is 1. The Balaban J connectivity index is 2.30. The number of imidazole rings is 1. The maximum atomic E-state index is 5.39. The van der Waals surface area contributed by atoms with E-state index >= 15 is 0 Å². The molecule has 18 heavy (non-hydrogen) atoms. The molecule has 1 aromatic carbocycles. The molecule has 0 bridgehead atoms. The molecule has 0 fully saturated rings. The number of thioether (sulfide) groups is 1. The van der Waals surface area contributed by atoms with Crippen LogP contribution in [-0.4, -0.2) is 20.8 Å². The first-order chi connectivity index (χ1) is 8.79. The van der Waals surface area contributed by atoms with Gasteiger partial charge in [0.25, 0.3) is 0 Å². The number of aromatic amines is 1. The number of rotatable bonds is 2. The number of nitrogens with one attached hydrogen (secondary N) is 1. The van der Waals surface area contributed by atoms with Gasteiger partial charge in [0.1, 0.15) is 0 Å². The molecule has 0 radical (unpaired) electrons. The Morgan fingerprint density at radius 2 is 2.22 bits per heavy atom. The Hall–Kier alpha value is -1.59. The number of hydrogen-bond acceptors (Lipinski definition) is 3. The van der Waals surface area contributed by atoms with Crippen molar-refractivity contribution in [3.63, 3.8) is 0 Å². The summed E-state index contributed by atoms with van der Waals surface area (Å²) in [6.07, 6.45) is 5.64. The minimum atomic E-state index is 0.691. The van der Waals surface area contributed by atoms with Gasteiger partial charge in [-0.3, -0.25) is 9.55 Å². The van der Waals surface area contributed by atoms with E-state index in [2.05, 4.69) is 34.4 Å². The number of fused-ring (bicyclic) bond motifs is 1. The molecule has 3 nitrogen and oxygen atoms in total. The molecule has 0 aliphatic carbocycles. The van der Waals surface area contributed by atoms with E-state index in [9.17, 15) is 0 Å². The molecule has 90 valence electrons. The molecule has 0 saturated heterocycles. The molecule has 0 atom stereocenters. The van der Waals surface area contributed by atoms with Crippen molar-refractivity contribution >= 4 is 35.0 Å². The van der Waals surface area contributed by atoms with Gasteiger partial charge in [-0.15, -0.1) is 11.8 Å². The van der Waals surface area contributed by atoms with Gasteiger partial charge >= 0.3 is 0 Å². The van der Waals surface area contributed by atoms with Crippen molar-refractivity contribution in [1.29, 1.82) is 0 Å². The van der Waals surface area contributed by atoms with Gasteiger partial charge in [-0.1, -0.05) is 6.07 Å². The molecule has 0 aliphatic rings. The second-order valence-corrected chi connectivity index (χ2v) is 5.13. The summed E-state index contributed by atoms with van der Waals surface area (Å²) in [6, 6.07) is 10.3. The molecule has 5 heteroatoms. The molecular weight excluding hydrogens is 262 g/mol. The van der Waals surface area contributed by atoms with Gasteiger partial charge in [-0.2, -0.15) is 0 Å². The molecule has 0 amide bonds. The number of hydrogen-bond donors (Lipinski definition) is 1. The SMILES string of the molecule is CSc1cccc(-n2c(=S)[nH]c3cnccc32)c1. The van der Waals surface area contributed by atoms with E-state index in [-0.39, 0.29) is 0 Å². The Morgan fingerprint density at radius 3 is 3.06 bits per heavy atom. The van der Waals surface area contributed by atoms with Crippen LogP contribution in [0, 0.1) is 4.77 Å². The quantitative estimate of drug-likeness (QED) is 0.569. The molecule has 0 spiro atoms. The van der Waals surface area contributed by atoms with Gasteiger partial charge < -0.3 is 4.98 Å². The Morgan fingerprint density at radius 1 is 1.33 bits per heavy atom. The Bertz CT molecular complexity index is 758. The highest BCUT2D eigenvalue weighted by Crippen LogP contribution is 2.22. The van der Waals surface area contributed by atoms with Crippen LogP contribution in [0.1, 0.15) is 0 Å². The molecule has 1 N–H and O–H groups in total. The lowest BCUT2D eigenvalue weighted by Gasteiger charge is -2.05. The first-order valence-electron chi connectivity index (χ1n) is 5.49. The minimum Gasteiger partial charge on any atom is -0.329 e. The lowest BCUT2D eigenvalue weighted by atomic mass is 10.3. The highest BCUT2D eigenvalue weighted by atomic mass is 32.2. The predicted octanol–water partition coefficient (Wildman–Crippen LogP) is 3.80. The summed E-state index contributed by atoms with van der Waals surface area (Å²) in [7, 11) is 0. The number of H-pyrrole nitrogens is 1. The second kappa shape index (κ2) is 4.59. The van der Waals surface area contributed by atoms with Crippen LogP contribution < -0.4 is 0 Å². The summed E-state index contributed by atoms with van der Waals surface area (Å²) in [5.74, 6) is 0. The first-order valence-corrected chi connectivity index (χ1v) is 7.12. The monoisotopic (exact) mass is 273 g/mol.